The maximum Gasteiger partial charge on any atom is 0.253 e. The Morgan fingerprint density at radius 2 is 2.00 bits per heavy atom. The SMILES string of the molecule is Cc1ccccc1CNc1ccc(C(=O)NC2CC2)c(Cl)c1. The number of halogens is 1. The molecule has 1 amide bonds. The van der Waals surface area contributed by atoms with E-state index < -0.39 is 0 Å². The van der Waals surface area contributed by atoms with Crippen LogP contribution < -0.4 is 10.6 Å². The third kappa shape index (κ3) is 3.60. The van der Waals surface area contributed by atoms with E-state index in [0.717, 1.165) is 25.1 Å². The lowest BCUT2D eigenvalue weighted by Crippen LogP contribution is -2.25. The van der Waals surface area contributed by atoms with E-state index in [1.807, 2.05) is 24.3 Å². The summed E-state index contributed by atoms with van der Waals surface area (Å²) in [6.45, 7) is 2.83. The molecule has 2 aromatic carbocycles. The smallest absolute Gasteiger partial charge is 0.253 e. The molecule has 4 heteroatoms. The molecule has 114 valence electrons. The summed E-state index contributed by atoms with van der Waals surface area (Å²) in [7, 11) is 0. The molecule has 1 fully saturated rings. The van der Waals surface area contributed by atoms with E-state index in [1.54, 1.807) is 6.07 Å². The van der Waals surface area contributed by atoms with E-state index in [-0.39, 0.29) is 5.91 Å². The number of carbonyl (C=O) groups is 1. The Kier molecular flexibility index (Phi) is 4.34. The van der Waals surface area contributed by atoms with Gasteiger partial charge in [0.05, 0.1) is 10.6 Å². The molecule has 0 atom stereocenters. The number of benzene rings is 2. The predicted molar refractivity (Wildman–Crippen MR) is 90.4 cm³/mol. The van der Waals surface area contributed by atoms with Crippen molar-refractivity contribution in [3.05, 3.63) is 64.2 Å². The third-order valence-corrected chi connectivity index (χ3v) is 4.18. The van der Waals surface area contributed by atoms with E-state index in [0.29, 0.717) is 16.6 Å². The second-order valence-electron chi connectivity index (χ2n) is 5.72. The van der Waals surface area contributed by atoms with Crippen LogP contribution in [-0.2, 0) is 6.54 Å². The summed E-state index contributed by atoms with van der Waals surface area (Å²) < 4.78 is 0. The van der Waals surface area contributed by atoms with Crippen molar-refractivity contribution in [3.63, 3.8) is 0 Å². The molecule has 0 saturated heterocycles. The molecular formula is C18H19ClN2O. The van der Waals surface area contributed by atoms with E-state index in [1.165, 1.54) is 11.1 Å². The molecule has 0 heterocycles. The summed E-state index contributed by atoms with van der Waals surface area (Å²) in [5.74, 6) is -0.0852. The molecule has 0 spiro atoms. The number of carbonyl (C=O) groups excluding carboxylic acids is 1. The van der Waals surface area contributed by atoms with Crippen LogP contribution in [0.1, 0.15) is 34.3 Å². The van der Waals surface area contributed by atoms with Gasteiger partial charge in [0.15, 0.2) is 0 Å². The monoisotopic (exact) mass is 314 g/mol. The zero-order valence-corrected chi connectivity index (χ0v) is 13.3. The van der Waals surface area contributed by atoms with Gasteiger partial charge in [-0.3, -0.25) is 4.79 Å². The van der Waals surface area contributed by atoms with E-state index in [4.69, 9.17) is 11.6 Å². The fourth-order valence-electron chi connectivity index (χ4n) is 2.31. The molecule has 22 heavy (non-hydrogen) atoms. The van der Waals surface area contributed by atoms with Crippen molar-refractivity contribution in [2.75, 3.05) is 5.32 Å². The maximum absolute atomic E-state index is 12.0. The number of hydrogen-bond acceptors (Lipinski definition) is 2. The number of nitrogens with one attached hydrogen (secondary N) is 2. The molecule has 0 unspecified atom stereocenters. The molecule has 0 radical (unpaired) electrons. The lowest BCUT2D eigenvalue weighted by Gasteiger charge is -2.11. The van der Waals surface area contributed by atoms with Gasteiger partial charge in [-0.1, -0.05) is 35.9 Å². The van der Waals surface area contributed by atoms with Gasteiger partial charge in [-0.2, -0.15) is 0 Å². The normalized spacial score (nSPS) is 13.7. The number of hydrogen-bond donors (Lipinski definition) is 2. The molecule has 0 aromatic heterocycles. The third-order valence-electron chi connectivity index (χ3n) is 3.87. The van der Waals surface area contributed by atoms with E-state index >= 15 is 0 Å². The van der Waals surface area contributed by atoms with Gasteiger partial charge in [-0.25, -0.2) is 0 Å². The molecule has 2 N–H and O–H groups in total. The molecule has 1 aliphatic carbocycles. The van der Waals surface area contributed by atoms with Crippen molar-refractivity contribution in [2.45, 2.75) is 32.4 Å². The largest absolute Gasteiger partial charge is 0.381 e. The van der Waals surface area contributed by atoms with Crippen LogP contribution in [0, 0.1) is 6.92 Å². The fourth-order valence-corrected chi connectivity index (χ4v) is 2.57. The van der Waals surface area contributed by atoms with Crippen LogP contribution in [-0.4, -0.2) is 11.9 Å². The van der Waals surface area contributed by atoms with Crippen molar-refractivity contribution in [3.8, 4) is 0 Å². The number of amides is 1. The first-order valence-electron chi connectivity index (χ1n) is 7.52. The van der Waals surface area contributed by atoms with Crippen molar-refractivity contribution < 1.29 is 4.79 Å². The molecule has 0 aliphatic heterocycles. The topological polar surface area (TPSA) is 41.1 Å². The Labute approximate surface area is 135 Å². The van der Waals surface area contributed by atoms with Gasteiger partial charge in [0.1, 0.15) is 0 Å². The summed E-state index contributed by atoms with van der Waals surface area (Å²) in [5, 5.41) is 6.78. The van der Waals surface area contributed by atoms with E-state index in [9.17, 15) is 4.79 Å². The minimum absolute atomic E-state index is 0.0852. The van der Waals surface area contributed by atoms with Crippen LogP contribution in [0.4, 0.5) is 5.69 Å². The first-order chi connectivity index (χ1) is 10.6. The molecule has 3 rings (SSSR count). The van der Waals surface area contributed by atoms with Gasteiger partial charge in [0.2, 0.25) is 0 Å². The standard InChI is InChI=1S/C18H19ClN2O/c1-12-4-2-3-5-13(12)11-20-15-8-9-16(17(19)10-15)18(22)21-14-6-7-14/h2-5,8-10,14,20H,6-7,11H2,1H3,(H,21,22). The Balaban J connectivity index is 1.66. The van der Waals surface area contributed by atoms with Gasteiger partial charge >= 0.3 is 0 Å². The van der Waals surface area contributed by atoms with Gasteiger partial charge in [-0.15, -0.1) is 0 Å². The molecular weight excluding hydrogens is 296 g/mol. The van der Waals surface area contributed by atoms with Crippen molar-refractivity contribution in [1.29, 1.82) is 0 Å². The molecule has 2 aromatic rings. The number of anilines is 1. The first kappa shape index (κ1) is 14.9. The quantitative estimate of drug-likeness (QED) is 0.870. The van der Waals surface area contributed by atoms with Crippen LogP contribution in [0.3, 0.4) is 0 Å². The van der Waals surface area contributed by atoms with Crippen LogP contribution in [0.5, 0.6) is 0 Å². The summed E-state index contributed by atoms with van der Waals surface area (Å²) in [4.78, 5) is 12.0. The minimum Gasteiger partial charge on any atom is -0.381 e. The van der Waals surface area contributed by atoms with Crippen LogP contribution in [0.2, 0.25) is 5.02 Å². The second kappa shape index (κ2) is 6.41. The summed E-state index contributed by atoms with van der Waals surface area (Å²) in [6.07, 6.45) is 2.14. The predicted octanol–water partition coefficient (Wildman–Crippen LogP) is 4.15. The highest BCUT2D eigenvalue weighted by atomic mass is 35.5. The first-order valence-corrected chi connectivity index (χ1v) is 7.90. The number of rotatable bonds is 5. The van der Waals surface area contributed by atoms with Gasteiger partial charge in [0.25, 0.3) is 5.91 Å². The van der Waals surface area contributed by atoms with Crippen LogP contribution in [0.15, 0.2) is 42.5 Å². The second-order valence-corrected chi connectivity index (χ2v) is 6.13. The average Bonchev–Trinajstić information content (AvgIpc) is 3.30. The lowest BCUT2D eigenvalue weighted by molar-refractivity contribution is 0.0951. The Morgan fingerprint density at radius 3 is 2.68 bits per heavy atom. The highest BCUT2D eigenvalue weighted by molar-refractivity contribution is 6.34. The van der Waals surface area contributed by atoms with Gasteiger partial charge < -0.3 is 10.6 Å². The fraction of sp³-hybridized carbons (Fsp3) is 0.278. The van der Waals surface area contributed by atoms with Crippen molar-refractivity contribution >= 4 is 23.2 Å². The summed E-state index contributed by atoms with van der Waals surface area (Å²) in [5.41, 5.74) is 3.95. The van der Waals surface area contributed by atoms with Crippen LogP contribution >= 0.6 is 11.6 Å². The summed E-state index contributed by atoms with van der Waals surface area (Å²) in [6, 6.07) is 14.1. The summed E-state index contributed by atoms with van der Waals surface area (Å²) >= 11 is 6.24. The van der Waals surface area contributed by atoms with E-state index in [2.05, 4.69) is 29.7 Å². The maximum atomic E-state index is 12.0. The zero-order valence-electron chi connectivity index (χ0n) is 12.5. The zero-order chi connectivity index (χ0) is 15.5. The van der Waals surface area contributed by atoms with Crippen LogP contribution in [0.25, 0.3) is 0 Å². The highest BCUT2D eigenvalue weighted by Gasteiger charge is 2.24. The van der Waals surface area contributed by atoms with Crippen molar-refractivity contribution in [1.82, 2.24) is 5.32 Å². The Morgan fingerprint density at radius 1 is 1.23 bits per heavy atom. The van der Waals surface area contributed by atoms with Crippen molar-refractivity contribution in [2.24, 2.45) is 0 Å². The Bertz CT molecular complexity index is 695. The number of aryl methyl sites for hydroxylation is 1. The van der Waals surface area contributed by atoms with Gasteiger partial charge in [0, 0.05) is 18.3 Å². The highest BCUT2D eigenvalue weighted by Crippen LogP contribution is 2.24. The molecule has 0 bridgehead atoms. The van der Waals surface area contributed by atoms with Gasteiger partial charge in [-0.05, 0) is 49.1 Å². The minimum atomic E-state index is -0.0852. The average molecular weight is 315 g/mol. The molecule has 3 nitrogen and oxygen atoms in total. The lowest BCUT2D eigenvalue weighted by atomic mass is 10.1. The molecule has 1 saturated carbocycles. The Hall–Kier alpha value is -2.00. The molecule has 1 aliphatic rings.